The zero-order valence-electron chi connectivity index (χ0n) is 44.8. The van der Waals surface area contributed by atoms with Gasteiger partial charge in [0.05, 0.1) is 56.6 Å². The summed E-state index contributed by atoms with van der Waals surface area (Å²) in [4.78, 5) is 80.1. The molecule has 7 aliphatic rings. The summed E-state index contributed by atoms with van der Waals surface area (Å²) in [5.41, 5.74) is 0.359. The summed E-state index contributed by atoms with van der Waals surface area (Å²) in [6.45, 7) is 7.56. The minimum Gasteiger partial charge on any atom is -0.493 e. The fourth-order valence-corrected chi connectivity index (χ4v) is 15.7. The lowest BCUT2D eigenvalue weighted by atomic mass is 9.42. The maximum atomic E-state index is 13.2. The number of benzene rings is 1. The van der Waals surface area contributed by atoms with Crippen LogP contribution in [0.1, 0.15) is 116 Å². The molecule has 8 rings (SSSR count). The molecule has 3 aliphatic heterocycles. The van der Waals surface area contributed by atoms with Crippen molar-refractivity contribution in [3.05, 3.63) is 53.4 Å². The average Bonchev–Trinajstić information content (AvgIpc) is 4.38. The Bertz CT molecular complexity index is 2410. The summed E-state index contributed by atoms with van der Waals surface area (Å²) in [6.07, 6.45) is 9.72. The number of cyclic esters (lactones) is 1. The number of urea groups is 1. The normalized spacial score (nSPS) is 32.7. The van der Waals surface area contributed by atoms with Crippen molar-refractivity contribution in [3.63, 3.8) is 0 Å². The number of thioether (sulfide) groups is 1. The zero-order valence-corrected chi connectivity index (χ0v) is 45.6. The van der Waals surface area contributed by atoms with Crippen molar-refractivity contribution in [3.8, 4) is 0 Å². The fraction of sp³-hybridized carbons (Fsp3) is 0.696. The quantitative estimate of drug-likeness (QED) is 0.0206. The number of hydrogen-bond acceptors (Lipinski definition) is 15. The fourth-order valence-electron chi connectivity index (χ4n) is 14.1. The number of rotatable bonds is 26. The van der Waals surface area contributed by atoms with Crippen LogP contribution in [0.3, 0.4) is 0 Å². The molecule has 0 spiro atoms. The molecule has 4 aliphatic carbocycles. The largest absolute Gasteiger partial charge is 0.493 e. The zero-order chi connectivity index (χ0) is 54.9. The number of aliphatic hydroxyl groups is 3. The number of fused-ring (bicyclic) bond motifs is 6. The highest BCUT2D eigenvalue weighted by Gasteiger charge is 2.71. The molecule has 5 amide bonds. The lowest BCUT2D eigenvalue weighted by Crippen LogP contribution is -2.67. The molecule has 1 aromatic carbocycles. The number of amides is 5. The summed E-state index contributed by atoms with van der Waals surface area (Å²) < 4.78 is 21.8. The number of esters is 1. The molecule has 8 N–H and O–H groups in total. The van der Waals surface area contributed by atoms with Gasteiger partial charge in [-0.2, -0.15) is 11.8 Å². The number of carbonyl (C=O) groups excluding carboxylic acids is 5. The van der Waals surface area contributed by atoms with Gasteiger partial charge < -0.3 is 60.6 Å². The van der Waals surface area contributed by atoms with E-state index in [-0.39, 0.29) is 128 Å². The molecule has 21 heteroatoms. The Kier molecular flexibility index (Phi) is 19.5. The Balaban J connectivity index is 0.630. The Hall–Kier alpha value is -5.06. The molecule has 6 fully saturated rings. The molecule has 20 nitrogen and oxygen atoms in total. The Morgan fingerprint density at radius 3 is 2.30 bits per heavy atom. The van der Waals surface area contributed by atoms with E-state index in [2.05, 4.69) is 33.2 Å². The van der Waals surface area contributed by atoms with Crippen molar-refractivity contribution in [1.29, 1.82) is 0 Å². The van der Waals surface area contributed by atoms with E-state index < -0.39 is 29.1 Å². The summed E-state index contributed by atoms with van der Waals surface area (Å²) in [7, 11) is 0. The second kappa shape index (κ2) is 25.8. The third kappa shape index (κ3) is 13.2. The van der Waals surface area contributed by atoms with Crippen LogP contribution in [-0.2, 0) is 42.9 Å². The van der Waals surface area contributed by atoms with Crippen LogP contribution >= 0.6 is 11.8 Å². The minimum absolute atomic E-state index is 0.0209. The maximum Gasteiger partial charge on any atom is 0.331 e. The molecule has 4 saturated carbocycles. The highest BCUT2D eigenvalue weighted by atomic mass is 32.2. The molecular weight excluding hydrogens is 1010 g/mol. The van der Waals surface area contributed by atoms with Crippen LogP contribution in [0.5, 0.6) is 0 Å². The lowest BCUT2D eigenvalue weighted by Gasteiger charge is -2.65. The van der Waals surface area contributed by atoms with Crippen molar-refractivity contribution in [2.45, 2.75) is 146 Å². The average molecular weight is 1090 g/mol. The maximum absolute atomic E-state index is 13.2. The first-order valence-electron chi connectivity index (χ1n) is 27.7. The van der Waals surface area contributed by atoms with Gasteiger partial charge in [-0.1, -0.05) is 50.6 Å². The van der Waals surface area contributed by atoms with Crippen LogP contribution in [-0.4, -0.2) is 167 Å². The number of carboxylic acids is 1. The summed E-state index contributed by atoms with van der Waals surface area (Å²) in [6, 6.07) is 8.08. The number of carbonyl (C=O) groups is 6. The number of hydrogen-bond donors (Lipinski definition) is 8. The molecule has 424 valence electrons. The number of nitrogens with zero attached hydrogens (tertiary/aromatic N) is 2. The molecule has 2 saturated heterocycles. The minimum atomic E-state index is -1.03. The molecule has 1 aromatic rings. The number of nitrogens with one attached hydrogen (secondary N) is 4. The van der Waals surface area contributed by atoms with Gasteiger partial charge in [-0.15, -0.1) is 0 Å². The number of carboxylic acid groups (broad SMARTS) is 1. The molecule has 3 heterocycles. The molecular formula is C56H80N6O14S. The smallest absolute Gasteiger partial charge is 0.331 e. The van der Waals surface area contributed by atoms with Gasteiger partial charge in [-0.3, -0.25) is 29.1 Å². The molecule has 77 heavy (non-hydrogen) atoms. The van der Waals surface area contributed by atoms with Gasteiger partial charge in [0, 0.05) is 59.3 Å². The number of ether oxygens (including phenoxy) is 4. The highest BCUT2D eigenvalue weighted by Crippen LogP contribution is 2.70. The third-order valence-electron chi connectivity index (χ3n) is 18.2. The number of aliphatic imine (C=N–C) groups is 1. The Morgan fingerprint density at radius 1 is 0.857 bits per heavy atom. The van der Waals surface area contributed by atoms with Crippen LogP contribution in [0.25, 0.3) is 5.70 Å². The van der Waals surface area contributed by atoms with E-state index in [9.17, 15) is 44.1 Å². The van der Waals surface area contributed by atoms with Crippen LogP contribution in [0.15, 0.2) is 52.9 Å². The van der Waals surface area contributed by atoms with Gasteiger partial charge >= 0.3 is 18.0 Å². The van der Waals surface area contributed by atoms with E-state index in [0.29, 0.717) is 75.0 Å². The van der Waals surface area contributed by atoms with Crippen molar-refractivity contribution >= 4 is 58.9 Å². The van der Waals surface area contributed by atoms with Crippen molar-refractivity contribution in [2.75, 3.05) is 65.1 Å². The van der Waals surface area contributed by atoms with Gasteiger partial charge in [0.25, 0.3) is 0 Å². The summed E-state index contributed by atoms with van der Waals surface area (Å²) in [5, 5.41) is 56.8. The Morgan fingerprint density at radius 2 is 1.58 bits per heavy atom. The van der Waals surface area contributed by atoms with E-state index in [0.717, 1.165) is 56.9 Å². The third-order valence-corrected chi connectivity index (χ3v) is 19.7. The monoisotopic (exact) mass is 1090 g/mol. The van der Waals surface area contributed by atoms with Gasteiger partial charge in [-0.25, -0.2) is 9.59 Å². The SMILES string of the molecule is C/C(CCC(=O)O)=N\C(=C(/O)N1C(=O)NC2C(CCCCC(=O)NCCOCCOCCNC(=O)COCC(=O)NC3CCC4(C)C(CCC5C4CC(O)C4(C)C(C6=CC(=O)OC6)CCC54O)C3)SCC21)c1ccccc1. The predicted octanol–water partition coefficient (Wildman–Crippen LogP) is 4.63. The molecule has 12 atom stereocenters. The van der Waals surface area contributed by atoms with Crippen LogP contribution < -0.4 is 21.3 Å². The first-order valence-corrected chi connectivity index (χ1v) is 28.8. The van der Waals surface area contributed by atoms with E-state index in [1.807, 2.05) is 13.0 Å². The van der Waals surface area contributed by atoms with E-state index in [1.165, 1.54) is 4.90 Å². The van der Waals surface area contributed by atoms with E-state index in [4.69, 9.17) is 24.1 Å². The first-order chi connectivity index (χ1) is 36.9. The topological polar surface area (TPSA) is 284 Å². The lowest BCUT2D eigenvalue weighted by molar-refractivity contribution is -0.243. The van der Waals surface area contributed by atoms with Crippen LogP contribution in [0.4, 0.5) is 4.79 Å². The van der Waals surface area contributed by atoms with Crippen molar-refractivity contribution in [2.24, 2.45) is 39.5 Å². The van der Waals surface area contributed by atoms with Crippen molar-refractivity contribution < 1.29 is 68.1 Å². The van der Waals surface area contributed by atoms with Gasteiger partial charge in [-0.05, 0) is 112 Å². The summed E-state index contributed by atoms with van der Waals surface area (Å²) >= 11 is 1.72. The van der Waals surface area contributed by atoms with Gasteiger partial charge in [0.1, 0.15) is 25.5 Å². The number of aliphatic carboxylic acids is 1. The number of unbranched alkanes of at least 4 members (excludes halogenated alkanes) is 1. The molecule has 0 radical (unpaired) electrons. The van der Waals surface area contributed by atoms with Crippen molar-refractivity contribution in [1.82, 2.24) is 26.2 Å². The van der Waals surface area contributed by atoms with Crippen LogP contribution in [0, 0.1) is 34.5 Å². The number of aliphatic hydroxyl groups excluding tert-OH is 2. The first kappa shape index (κ1) is 58.1. The standard InChI is InChI=1S/C56H80N6O14S/c1-34(13-16-48(67)68)59-50(35-9-5-4-6-10-35)52(70)62-42-33-77-43(51(42)61-53(62)71)11-7-8-12-45(64)57-21-23-73-25-26-74-24-22-58-46(65)31-75-32-47(66)60-38-17-19-54(2)37(28-38)14-15-40-41(54)29-44(63)55(3)39(18-20-56(40,55)72)36-27-49(69)76-30-36/h4-6,9-10,27,37-44,51,63,70,72H,7-8,11-26,28-33H2,1-3H3,(H,57,64)(H,58,65)(H,60,66)(H,61,71)(H,67,68)/b52-50-,59-34+. The second-order valence-electron chi connectivity index (χ2n) is 22.6. The predicted molar refractivity (Wildman–Crippen MR) is 286 cm³/mol. The van der Waals surface area contributed by atoms with Gasteiger partial charge in [0.2, 0.25) is 23.6 Å². The van der Waals surface area contributed by atoms with E-state index in [1.54, 1.807) is 49.0 Å². The Labute approximate surface area is 455 Å². The van der Waals surface area contributed by atoms with Crippen LogP contribution in [0.2, 0.25) is 0 Å². The summed E-state index contributed by atoms with van der Waals surface area (Å²) in [5.74, 6) is -1.23. The van der Waals surface area contributed by atoms with Gasteiger partial charge in [0.15, 0.2) is 0 Å². The molecule has 0 bridgehead atoms. The molecule has 12 unspecified atom stereocenters. The second-order valence-corrected chi connectivity index (χ2v) is 23.9. The molecule has 0 aromatic heterocycles. The highest BCUT2D eigenvalue weighted by molar-refractivity contribution is 8.00. The van der Waals surface area contributed by atoms with E-state index >= 15 is 0 Å².